The molecule has 7 heteroatoms. The van der Waals surface area contributed by atoms with Crippen LogP contribution in [0.25, 0.3) is 6.08 Å². The summed E-state index contributed by atoms with van der Waals surface area (Å²) < 4.78 is 29.9. The van der Waals surface area contributed by atoms with Gasteiger partial charge in [0.05, 0.1) is 5.56 Å². The van der Waals surface area contributed by atoms with Gasteiger partial charge >= 0.3 is 0 Å². The second-order valence-electron chi connectivity index (χ2n) is 5.41. The highest BCUT2D eigenvalue weighted by Crippen LogP contribution is 2.30. The summed E-state index contributed by atoms with van der Waals surface area (Å²) in [7, 11) is -2.47. The van der Waals surface area contributed by atoms with Crippen LogP contribution in [0.1, 0.15) is 15.9 Å². The highest BCUT2D eigenvalue weighted by Gasteiger charge is 2.18. The fraction of sp³-hybridized carbons (Fsp3) is 0.111. The molecule has 25 heavy (non-hydrogen) atoms. The Labute approximate surface area is 150 Å². The molecular formula is C18H15ClFNO3S. The first kappa shape index (κ1) is 17.5. The van der Waals surface area contributed by atoms with Gasteiger partial charge < -0.3 is 10.1 Å². The van der Waals surface area contributed by atoms with Gasteiger partial charge in [-0.2, -0.15) is 0 Å². The summed E-state index contributed by atoms with van der Waals surface area (Å²) in [4.78, 5) is 13.1. The van der Waals surface area contributed by atoms with Gasteiger partial charge in [-0.1, -0.05) is 17.7 Å². The van der Waals surface area contributed by atoms with Gasteiger partial charge in [-0.15, -0.1) is 0 Å². The molecule has 1 atom stereocenters. The smallest absolute Gasteiger partial charge is 0.259 e. The van der Waals surface area contributed by atoms with Crippen molar-refractivity contribution in [2.24, 2.45) is 0 Å². The minimum absolute atomic E-state index is 0.157. The molecule has 0 saturated carbocycles. The third-order valence-electron chi connectivity index (χ3n) is 3.63. The van der Waals surface area contributed by atoms with E-state index in [1.165, 1.54) is 12.1 Å². The summed E-state index contributed by atoms with van der Waals surface area (Å²) in [5.41, 5.74) is 1.47. The van der Waals surface area contributed by atoms with Crippen LogP contribution in [0.15, 0.2) is 46.7 Å². The number of ether oxygens (including phenoxy) is 1. The quantitative estimate of drug-likeness (QED) is 0.799. The Morgan fingerprint density at radius 3 is 2.84 bits per heavy atom. The number of hydrogen-bond donors (Lipinski definition) is 1. The first-order chi connectivity index (χ1) is 11.9. The molecule has 0 saturated heterocycles. The summed E-state index contributed by atoms with van der Waals surface area (Å²) in [5, 5.41) is 4.63. The van der Waals surface area contributed by atoms with Crippen LogP contribution >= 0.6 is 11.6 Å². The summed E-state index contributed by atoms with van der Waals surface area (Å²) >= 11 is 5.95. The van der Waals surface area contributed by atoms with E-state index < -0.39 is 22.1 Å². The van der Waals surface area contributed by atoms with E-state index in [2.05, 4.69) is 11.2 Å². The van der Waals surface area contributed by atoms with E-state index in [4.69, 9.17) is 16.3 Å². The zero-order chi connectivity index (χ0) is 18.0. The third kappa shape index (κ3) is 3.70. The Kier molecular flexibility index (Phi) is 4.83. The summed E-state index contributed by atoms with van der Waals surface area (Å²) in [6, 6.07) is 9.62. The van der Waals surface area contributed by atoms with Gasteiger partial charge in [-0.05, 0) is 53.2 Å². The highest BCUT2D eigenvalue weighted by molar-refractivity contribution is 8.03. The number of carbonyl (C=O) groups is 1. The first-order valence-corrected chi connectivity index (χ1v) is 9.56. The van der Waals surface area contributed by atoms with Crippen LogP contribution in [0.2, 0.25) is 5.02 Å². The molecule has 3 rings (SSSR count). The van der Waals surface area contributed by atoms with E-state index in [9.17, 15) is 13.4 Å². The Balaban J connectivity index is 1.88. The van der Waals surface area contributed by atoms with Crippen molar-refractivity contribution in [2.45, 2.75) is 4.90 Å². The van der Waals surface area contributed by atoms with Crippen LogP contribution in [0.5, 0.6) is 5.75 Å². The Morgan fingerprint density at radius 1 is 1.28 bits per heavy atom. The maximum atomic E-state index is 12.6. The fourth-order valence-electron chi connectivity index (χ4n) is 2.46. The molecule has 0 spiro atoms. The number of halogens is 2. The zero-order valence-corrected chi connectivity index (χ0v) is 14.7. The monoisotopic (exact) mass is 379 g/mol. The van der Waals surface area contributed by atoms with E-state index in [1.807, 2.05) is 0 Å². The van der Waals surface area contributed by atoms with Crippen LogP contribution in [0.3, 0.4) is 0 Å². The van der Waals surface area contributed by atoms with Crippen LogP contribution in [-0.4, -0.2) is 29.3 Å². The number of anilines is 1. The molecule has 1 aliphatic heterocycles. The summed E-state index contributed by atoms with van der Waals surface area (Å²) in [6.07, 6.45) is 1.75. The number of nitrogens with one attached hydrogen (secondary N) is 1. The molecular weight excluding hydrogens is 365 g/mol. The standard InChI is InChI=1S/C18H15ClFNO3S/c1-25(23)9-6-12-2-4-14(11-17(12)25)21-18(22)15-10-13(19)3-5-16(15)24-8-7-20/h2-6,9-11H,1,7-8H2,(H,21,22). The van der Waals surface area contributed by atoms with Crippen molar-refractivity contribution in [1.82, 2.24) is 0 Å². The maximum absolute atomic E-state index is 12.6. The number of benzene rings is 2. The molecule has 0 radical (unpaired) electrons. The molecule has 1 aliphatic rings. The van der Waals surface area contributed by atoms with Gasteiger partial charge in [0.1, 0.15) is 19.0 Å². The van der Waals surface area contributed by atoms with E-state index in [0.717, 1.165) is 5.56 Å². The number of alkyl halides is 1. The average Bonchev–Trinajstić information content (AvgIpc) is 2.88. The lowest BCUT2D eigenvalue weighted by Gasteiger charge is -2.12. The van der Waals surface area contributed by atoms with E-state index >= 15 is 0 Å². The number of rotatable bonds is 5. The fourth-order valence-corrected chi connectivity index (χ4v) is 4.00. The Morgan fingerprint density at radius 2 is 2.08 bits per heavy atom. The minimum atomic E-state index is -2.47. The predicted molar refractivity (Wildman–Crippen MR) is 99.9 cm³/mol. The molecule has 2 aromatic carbocycles. The first-order valence-electron chi connectivity index (χ1n) is 7.40. The highest BCUT2D eigenvalue weighted by atomic mass is 35.5. The second kappa shape index (κ2) is 6.90. The lowest BCUT2D eigenvalue weighted by atomic mass is 10.1. The van der Waals surface area contributed by atoms with Gasteiger partial charge in [0, 0.05) is 25.1 Å². The molecule has 0 bridgehead atoms. The molecule has 0 aliphatic carbocycles. The van der Waals surface area contributed by atoms with E-state index in [-0.39, 0.29) is 17.9 Å². The molecule has 0 fully saturated rings. The molecule has 1 amide bonds. The van der Waals surface area contributed by atoms with Gasteiger partial charge in [-0.25, -0.2) is 4.39 Å². The van der Waals surface area contributed by atoms with Crippen molar-refractivity contribution >= 4 is 44.7 Å². The van der Waals surface area contributed by atoms with Crippen molar-refractivity contribution in [3.05, 3.63) is 58.0 Å². The average molecular weight is 380 g/mol. The van der Waals surface area contributed by atoms with Crippen molar-refractivity contribution in [2.75, 3.05) is 18.6 Å². The molecule has 1 N–H and O–H groups in total. The number of fused-ring (bicyclic) bond motifs is 1. The van der Waals surface area contributed by atoms with E-state index in [1.54, 1.807) is 35.7 Å². The minimum Gasteiger partial charge on any atom is -0.490 e. The largest absolute Gasteiger partial charge is 0.490 e. The molecule has 4 nitrogen and oxygen atoms in total. The van der Waals surface area contributed by atoms with Gasteiger partial charge in [0.2, 0.25) is 0 Å². The van der Waals surface area contributed by atoms with Crippen molar-refractivity contribution in [3.8, 4) is 5.75 Å². The molecule has 1 heterocycles. The maximum Gasteiger partial charge on any atom is 0.259 e. The number of amides is 1. The van der Waals surface area contributed by atoms with Gasteiger partial charge in [0.15, 0.2) is 0 Å². The summed E-state index contributed by atoms with van der Waals surface area (Å²) in [5.74, 6) is 3.48. The topological polar surface area (TPSA) is 55.4 Å². The lowest BCUT2D eigenvalue weighted by molar-refractivity contribution is 0.102. The van der Waals surface area contributed by atoms with Crippen LogP contribution < -0.4 is 10.1 Å². The number of hydrogen-bond acceptors (Lipinski definition) is 3. The third-order valence-corrected chi connectivity index (χ3v) is 5.54. The SMILES string of the molecule is C=S1(=O)C=Cc2ccc(NC(=O)c3cc(Cl)ccc3OCCF)cc21. The Hall–Kier alpha value is -2.31. The Bertz CT molecular complexity index is 970. The van der Waals surface area contributed by atoms with Crippen LogP contribution in [-0.2, 0) is 9.52 Å². The summed E-state index contributed by atoms with van der Waals surface area (Å²) in [6.45, 7) is -0.824. The normalized spacial score (nSPS) is 18.0. The van der Waals surface area contributed by atoms with Gasteiger partial charge in [-0.3, -0.25) is 9.00 Å². The lowest BCUT2D eigenvalue weighted by Crippen LogP contribution is -2.14. The van der Waals surface area contributed by atoms with E-state index in [0.29, 0.717) is 15.6 Å². The molecule has 0 aromatic heterocycles. The number of carbonyl (C=O) groups excluding carboxylic acids is 1. The van der Waals surface area contributed by atoms with Crippen molar-refractivity contribution < 1.29 is 18.1 Å². The second-order valence-corrected chi connectivity index (χ2v) is 8.01. The molecule has 2 aromatic rings. The predicted octanol–water partition coefficient (Wildman–Crippen LogP) is 4.00. The molecule has 130 valence electrons. The van der Waals surface area contributed by atoms with Crippen molar-refractivity contribution in [1.29, 1.82) is 0 Å². The zero-order valence-electron chi connectivity index (χ0n) is 13.1. The van der Waals surface area contributed by atoms with Crippen molar-refractivity contribution in [3.63, 3.8) is 0 Å². The van der Waals surface area contributed by atoms with Crippen LogP contribution in [0.4, 0.5) is 10.1 Å². The van der Waals surface area contributed by atoms with Gasteiger partial charge in [0.25, 0.3) is 5.91 Å². The van der Waals surface area contributed by atoms with Crippen LogP contribution in [0, 0.1) is 0 Å². The molecule has 1 unspecified atom stereocenters.